The maximum Gasteiger partial charge on any atom is 0.425 e. The Morgan fingerprint density at radius 2 is 1.63 bits per heavy atom. The second-order valence-corrected chi connectivity index (χ2v) is 7.48. The van der Waals surface area contributed by atoms with Crippen molar-refractivity contribution < 1.29 is 27.6 Å². The predicted molar refractivity (Wildman–Crippen MR) is 105 cm³/mol. The van der Waals surface area contributed by atoms with E-state index in [4.69, 9.17) is 34.8 Å². The number of hydrogen-bond donors (Lipinski definition) is 2. The summed E-state index contributed by atoms with van der Waals surface area (Å²) in [7, 11) is 0. The number of alkyl halides is 3. The second kappa shape index (κ2) is 7.98. The molecular weight excluding hydrogens is 470 g/mol. The van der Waals surface area contributed by atoms with Crippen LogP contribution in [0.2, 0.25) is 15.1 Å². The van der Waals surface area contributed by atoms with E-state index in [9.17, 15) is 27.6 Å². The first-order valence-corrected chi connectivity index (χ1v) is 9.31. The number of nitrogens with zero attached hydrogens (tertiary/aromatic N) is 1. The number of carbonyl (C=O) groups is 3. The lowest BCUT2D eigenvalue weighted by Crippen LogP contribution is -2.55. The number of halogens is 6. The lowest BCUT2D eigenvalue weighted by atomic mass is 9.89. The molecule has 12 heteroatoms. The van der Waals surface area contributed by atoms with Crippen molar-refractivity contribution in [3.8, 4) is 0 Å². The van der Waals surface area contributed by atoms with Crippen molar-refractivity contribution in [2.45, 2.75) is 11.7 Å². The first kappa shape index (κ1) is 22.2. The summed E-state index contributed by atoms with van der Waals surface area (Å²) < 4.78 is 41.7. The predicted octanol–water partition coefficient (Wildman–Crippen LogP) is 4.59. The van der Waals surface area contributed by atoms with Gasteiger partial charge in [-0.1, -0.05) is 65.1 Å². The number of benzene rings is 2. The molecule has 1 aliphatic heterocycles. The second-order valence-electron chi connectivity index (χ2n) is 6.23. The van der Waals surface area contributed by atoms with Gasteiger partial charge < -0.3 is 10.6 Å². The van der Waals surface area contributed by atoms with Crippen LogP contribution in [0.1, 0.15) is 5.56 Å². The molecule has 30 heavy (non-hydrogen) atoms. The molecule has 1 heterocycles. The van der Waals surface area contributed by atoms with Gasteiger partial charge in [0.1, 0.15) is 6.54 Å². The van der Waals surface area contributed by atoms with E-state index in [1.807, 2.05) is 0 Å². The fourth-order valence-corrected chi connectivity index (χ4v) is 3.85. The molecule has 1 aliphatic rings. The minimum Gasteiger partial charge on any atom is -0.322 e. The highest BCUT2D eigenvalue weighted by Crippen LogP contribution is 2.43. The molecule has 158 valence electrons. The summed E-state index contributed by atoms with van der Waals surface area (Å²) >= 11 is 17.7. The number of imide groups is 1. The van der Waals surface area contributed by atoms with Gasteiger partial charge in [0.2, 0.25) is 11.4 Å². The molecule has 0 aliphatic carbocycles. The Labute approximate surface area is 182 Å². The van der Waals surface area contributed by atoms with Crippen LogP contribution in [0.15, 0.2) is 42.5 Å². The third kappa shape index (κ3) is 3.80. The summed E-state index contributed by atoms with van der Waals surface area (Å²) in [5.41, 5.74) is -3.85. The number of urea groups is 1. The monoisotopic (exact) mass is 479 g/mol. The molecule has 0 bridgehead atoms. The standard InChI is InChI=1S/C18H11Cl3F3N3O3/c19-10-6-11(20)14(12(21)7-10)25-13(28)8-27-15(29)17(18(22,23)24,26-16(27)30)9-4-2-1-3-5-9/h1-7H,8H2,(H,25,28)(H,26,30). The number of rotatable bonds is 4. The van der Waals surface area contributed by atoms with E-state index in [1.165, 1.54) is 30.3 Å². The summed E-state index contributed by atoms with van der Waals surface area (Å²) in [6.07, 6.45) is -5.16. The van der Waals surface area contributed by atoms with E-state index in [-0.39, 0.29) is 25.7 Å². The Kier molecular flexibility index (Phi) is 5.90. The summed E-state index contributed by atoms with van der Waals surface area (Å²) in [4.78, 5) is 37.5. The summed E-state index contributed by atoms with van der Waals surface area (Å²) in [5, 5.41) is 4.07. The zero-order valence-electron chi connectivity index (χ0n) is 14.7. The van der Waals surface area contributed by atoms with Gasteiger partial charge in [-0.25, -0.2) is 4.79 Å². The van der Waals surface area contributed by atoms with E-state index in [0.717, 1.165) is 12.1 Å². The fraction of sp³-hybridized carbons (Fsp3) is 0.167. The van der Waals surface area contributed by atoms with Crippen LogP contribution in [0.4, 0.5) is 23.7 Å². The van der Waals surface area contributed by atoms with Gasteiger partial charge in [-0.2, -0.15) is 13.2 Å². The van der Waals surface area contributed by atoms with Crippen molar-refractivity contribution in [3.63, 3.8) is 0 Å². The summed E-state index contributed by atoms with van der Waals surface area (Å²) in [5.74, 6) is -2.62. The lowest BCUT2D eigenvalue weighted by Gasteiger charge is -2.29. The van der Waals surface area contributed by atoms with E-state index < -0.39 is 41.7 Å². The fourth-order valence-electron chi connectivity index (χ4n) is 2.94. The zero-order valence-corrected chi connectivity index (χ0v) is 17.0. The Balaban J connectivity index is 1.89. The molecular formula is C18H11Cl3F3N3O3. The van der Waals surface area contributed by atoms with Gasteiger partial charge in [-0.3, -0.25) is 14.5 Å². The normalized spacial score (nSPS) is 19.1. The molecule has 2 aromatic carbocycles. The smallest absolute Gasteiger partial charge is 0.322 e. The molecule has 0 radical (unpaired) electrons. The SMILES string of the molecule is O=C(CN1C(=O)NC(c2ccccc2)(C(F)(F)F)C1=O)Nc1c(Cl)cc(Cl)cc1Cl. The van der Waals surface area contributed by atoms with Crippen LogP contribution in [0.3, 0.4) is 0 Å². The number of hydrogen-bond acceptors (Lipinski definition) is 3. The molecule has 1 unspecified atom stereocenters. The Hall–Kier alpha value is -2.49. The third-order valence-electron chi connectivity index (χ3n) is 4.31. The van der Waals surface area contributed by atoms with Crippen LogP contribution in [-0.4, -0.2) is 35.5 Å². The quantitative estimate of drug-likeness (QED) is 0.628. The highest BCUT2D eigenvalue weighted by Gasteiger charge is 2.68. The molecule has 1 fully saturated rings. The van der Waals surface area contributed by atoms with Crippen molar-refractivity contribution in [2.24, 2.45) is 0 Å². The Morgan fingerprint density at radius 3 is 2.17 bits per heavy atom. The average molecular weight is 481 g/mol. The molecule has 0 saturated carbocycles. The molecule has 0 spiro atoms. The van der Waals surface area contributed by atoms with Gasteiger partial charge in [0, 0.05) is 5.02 Å². The average Bonchev–Trinajstić information content (AvgIpc) is 2.91. The van der Waals surface area contributed by atoms with Gasteiger partial charge in [0.25, 0.3) is 5.91 Å². The maximum atomic E-state index is 13.9. The molecule has 2 N–H and O–H groups in total. The minimum absolute atomic E-state index is 0.0352. The number of nitrogens with one attached hydrogen (secondary N) is 2. The minimum atomic E-state index is -5.16. The van der Waals surface area contributed by atoms with E-state index >= 15 is 0 Å². The van der Waals surface area contributed by atoms with Crippen LogP contribution in [0.25, 0.3) is 0 Å². The van der Waals surface area contributed by atoms with Gasteiger partial charge in [0.05, 0.1) is 15.7 Å². The van der Waals surface area contributed by atoms with Crippen LogP contribution in [0, 0.1) is 0 Å². The van der Waals surface area contributed by atoms with Crippen LogP contribution >= 0.6 is 34.8 Å². The molecule has 1 atom stereocenters. The molecule has 1 saturated heterocycles. The zero-order chi connectivity index (χ0) is 22.3. The molecule has 2 aromatic rings. The van der Waals surface area contributed by atoms with Crippen molar-refractivity contribution in [1.82, 2.24) is 10.2 Å². The van der Waals surface area contributed by atoms with Crippen LogP contribution in [0.5, 0.6) is 0 Å². The van der Waals surface area contributed by atoms with Crippen LogP contribution < -0.4 is 10.6 Å². The van der Waals surface area contributed by atoms with E-state index in [1.54, 1.807) is 5.32 Å². The topological polar surface area (TPSA) is 78.5 Å². The largest absolute Gasteiger partial charge is 0.425 e. The lowest BCUT2D eigenvalue weighted by molar-refractivity contribution is -0.198. The number of amides is 4. The third-order valence-corrected chi connectivity index (χ3v) is 5.12. The van der Waals surface area contributed by atoms with Crippen molar-refractivity contribution in [2.75, 3.05) is 11.9 Å². The van der Waals surface area contributed by atoms with Gasteiger partial charge in [-0.15, -0.1) is 0 Å². The molecule has 0 aromatic heterocycles. The summed E-state index contributed by atoms with van der Waals surface area (Å²) in [6, 6.07) is 7.35. The van der Waals surface area contributed by atoms with Crippen molar-refractivity contribution >= 4 is 58.3 Å². The highest BCUT2D eigenvalue weighted by molar-refractivity contribution is 6.42. The Morgan fingerprint density at radius 1 is 1.07 bits per heavy atom. The number of anilines is 1. The van der Waals surface area contributed by atoms with Crippen molar-refractivity contribution in [3.05, 3.63) is 63.1 Å². The molecule has 4 amide bonds. The highest BCUT2D eigenvalue weighted by atomic mass is 35.5. The molecule has 6 nitrogen and oxygen atoms in total. The maximum absolute atomic E-state index is 13.9. The first-order valence-electron chi connectivity index (χ1n) is 8.18. The number of carbonyl (C=O) groups excluding carboxylic acids is 3. The molecule has 3 rings (SSSR count). The first-order chi connectivity index (χ1) is 14.0. The van der Waals surface area contributed by atoms with Gasteiger partial charge in [-0.05, 0) is 17.7 Å². The van der Waals surface area contributed by atoms with Crippen LogP contribution in [-0.2, 0) is 15.1 Å². The van der Waals surface area contributed by atoms with Gasteiger partial charge >= 0.3 is 12.2 Å². The van der Waals surface area contributed by atoms with E-state index in [0.29, 0.717) is 0 Å². The summed E-state index contributed by atoms with van der Waals surface area (Å²) in [6.45, 7) is -0.995. The Bertz CT molecular complexity index is 1010. The van der Waals surface area contributed by atoms with Gasteiger partial charge in [0.15, 0.2) is 0 Å². The van der Waals surface area contributed by atoms with Crippen molar-refractivity contribution in [1.29, 1.82) is 0 Å². The van der Waals surface area contributed by atoms with E-state index in [2.05, 4.69) is 5.32 Å².